The summed E-state index contributed by atoms with van der Waals surface area (Å²) in [5.74, 6) is -0.160. The number of anilines is 1. The number of aromatic nitrogens is 3. The molecule has 124 valence electrons. The Labute approximate surface area is 144 Å². The van der Waals surface area contributed by atoms with Gasteiger partial charge in [0.25, 0.3) is 5.91 Å². The first-order chi connectivity index (χ1) is 11.5. The van der Waals surface area contributed by atoms with Gasteiger partial charge in [0, 0.05) is 23.6 Å². The molecule has 0 unspecified atom stereocenters. The molecule has 2 heterocycles. The minimum Gasteiger partial charge on any atom is -0.325 e. The molecule has 0 aliphatic rings. The highest BCUT2D eigenvalue weighted by Crippen LogP contribution is 2.21. The van der Waals surface area contributed by atoms with Crippen LogP contribution in [-0.2, 0) is 6.54 Å². The van der Waals surface area contributed by atoms with E-state index in [1.165, 1.54) is 11.3 Å². The van der Waals surface area contributed by atoms with E-state index < -0.39 is 0 Å². The smallest absolute Gasteiger partial charge is 0.267 e. The zero-order valence-corrected chi connectivity index (χ0v) is 14.6. The second-order valence-electron chi connectivity index (χ2n) is 5.51. The molecule has 0 aliphatic carbocycles. The second kappa shape index (κ2) is 6.54. The molecule has 0 atom stereocenters. The molecule has 1 aromatic carbocycles. The topological polar surface area (TPSA) is 85.8 Å². The number of amides is 1. The van der Waals surface area contributed by atoms with E-state index in [-0.39, 0.29) is 5.91 Å². The fourth-order valence-electron chi connectivity index (χ4n) is 2.40. The van der Waals surface area contributed by atoms with E-state index in [1.54, 1.807) is 6.33 Å². The van der Waals surface area contributed by atoms with Crippen molar-refractivity contribution in [2.45, 2.75) is 27.3 Å². The Balaban J connectivity index is 1.77. The molecule has 0 spiro atoms. The van der Waals surface area contributed by atoms with E-state index in [9.17, 15) is 4.79 Å². The summed E-state index contributed by atoms with van der Waals surface area (Å²) in [6.45, 7) is 6.17. The Morgan fingerprint density at radius 1 is 1.21 bits per heavy atom. The van der Waals surface area contributed by atoms with Crippen molar-refractivity contribution in [3.63, 3.8) is 0 Å². The molecule has 2 aromatic heterocycles. The lowest BCUT2D eigenvalue weighted by Gasteiger charge is -2.08. The number of hydrogen-bond acceptors (Lipinski definition) is 5. The van der Waals surface area contributed by atoms with Crippen LogP contribution in [0.25, 0.3) is 5.69 Å². The van der Waals surface area contributed by atoms with Gasteiger partial charge < -0.3 is 15.6 Å². The summed E-state index contributed by atoms with van der Waals surface area (Å²) >= 11 is 1.33. The Morgan fingerprint density at radius 3 is 2.46 bits per heavy atom. The first-order valence-corrected chi connectivity index (χ1v) is 8.40. The van der Waals surface area contributed by atoms with E-state index >= 15 is 0 Å². The van der Waals surface area contributed by atoms with Gasteiger partial charge in [-0.2, -0.15) is 0 Å². The van der Waals surface area contributed by atoms with E-state index in [2.05, 4.69) is 15.3 Å². The zero-order valence-electron chi connectivity index (χ0n) is 13.8. The molecule has 3 aromatic rings. The third kappa shape index (κ3) is 3.08. The van der Waals surface area contributed by atoms with Crippen molar-refractivity contribution in [3.8, 4) is 5.69 Å². The fourth-order valence-corrected chi connectivity index (χ4v) is 3.24. The molecule has 0 aliphatic heterocycles. The van der Waals surface area contributed by atoms with Crippen LogP contribution in [0.5, 0.6) is 0 Å². The summed E-state index contributed by atoms with van der Waals surface area (Å²) in [5, 5.41) is 3.66. The number of imidazole rings is 1. The van der Waals surface area contributed by atoms with E-state index in [1.807, 2.05) is 49.6 Å². The number of aryl methyl sites for hydroxylation is 2. The SMILES string of the molecule is Cc1nc(CN)sc1C(=O)Nc1ccc(-n2cnc(C)c2C)cc1. The summed E-state index contributed by atoms with van der Waals surface area (Å²) in [5.41, 5.74) is 10.1. The highest BCUT2D eigenvalue weighted by Gasteiger charge is 2.15. The molecule has 0 fully saturated rings. The van der Waals surface area contributed by atoms with E-state index in [0.717, 1.165) is 27.8 Å². The van der Waals surface area contributed by atoms with Crippen LogP contribution in [0, 0.1) is 20.8 Å². The molecule has 0 saturated heterocycles. The van der Waals surface area contributed by atoms with Crippen molar-refractivity contribution in [2.75, 3.05) is 5.32 Å². The molecular weight excluding hydrogens is 322 g/mol. The Hall–Kier alpha value is -2.51. The average molecular weight is 341 g/mol. The molecule has 3 rings (SSSR count). The second-order valence-corrected chi connectivity index (χ2v) is 6.60. The summed E-state index contributed by atoms with van der Waals surface area (Å²) < 4.78 is 2.02. The number of thiazole rings is 1. The Morgan fingerprint density at radius 2 is 1.92 bits per heavy atom. The summed E-state index contributed by atoms with van der Waals surface area (Å²) in [4.78, 5) is 21.6. The number of nitrogens with two attached hydrogens (primary N) is 1. The maximum atomic E-state index is 12.4. The van der Waals surface area contributed by atoms with Crippen molar-refractivity contribution < 1.29 is 4.79 Å². The minimum atomic E-state index is -0.160. The van der Waals surface area contributed by atoms with Gasteiger partial charge in [0.05, 0.1) is 17.7 Å². The van der Waals surface area contributed by atoms with Gasteiger partial charge in [-0.25, -0.2) is 9.97 Å². The number of nitrogens with zero attached hydrogens (tertiary/aromatic N) is 3. The molecule has 1 amide bonds. The number of benzene rings is 1. The lowest BCUT2D eigenvalue weighted by Crippen LogP contribution is -2.11. The predicted molar refractivity (Wildman–Crippen MR) is 95.7 cm³/mol. The molecule has 0 radical (unpaired) electrons. The maximum absolute atomic E-state index is 12.4. The highest BCUT2D eigenvalue weighted by atomic mass is 32.1. The molecule has 7 heteroatoms. The summed E-state index contributed by atoms with van der Waals surface area (Å²) in [6.07, 6.45) is 1.80. The number of rotatable bonds is 4. The van der Waals surface area contributed by atoms with Crippen molar-refractivity contribution in [2.24, 2.45) is 5.73 Å². The number of carbonyl (C=O) groups is 1. The average Bonchev–Trinajstić information content (AvgIpc) is 3.12. The predicted octanol–water partition coefficient (Wildman–Crippen LogP) is 2.97. The van der Waals surface area contributed by atoms with Gasteiger partial charge in [0.15, 0.2) is 0 Å². The normalized spacial score (nSPS) is 10.8. The van der Waals surface area contributed by atoms with Gasteiger partial charge in [0.2, 0.25) is 0 Å². The van der Waals surface area contributed by atoms with Crippen LogP contribution in [0.3, 0.4) is 0 Å². The van der Waals surface area contributed by atoms with Gasteiger partial charge in [-0.15, -0.1) is 11.3 Å². The highest BCUT2D eigenvalue weighted by molar-refractivity contribution is 7.13. The van der Waals surface area contributed by atoms with Crippen LogP contribution < -0.4 is 11.1 Å². The van der Waals surface area contributed by atoms with Crippen LogP contribution in [0.4, 0.5) is 5.69 Å². The van der Waals surface area contributed by atoms with Gasteiger partial charge in [-0.1, -0.05) is 0 Å². The van der Waals surface area contributed by atoms with Crippen LogP contribution in [-0.4, -0.2) is 20.4 Å². The van der Waals surface area contributed by atoms with Gasteiger partial charge >= 0.3 is 0 Å². The Kier molecular flexibility index (Phi) is 4.46. The molecule has 0 bridgehead atoms. The van der Waals surface area contributed by atoms with Crippen molar-refractivity contribution in [3.05, 3.63) is 57.6 Å². The van der Waals surface area contributed by atoms with E-state index in [0.29, 0.717) is 17.1 Å². The Bertz CT molecular complexity index is 879. The van der Waals surface area contributed by atoms with Gasteiger partial charge in [-0.3, -0.25) is 4.79 Å². The number of carbonyl (C=O) groups excluding carboxylic acids is 1. The fraction of sp³-hybridized carbons (Fsp3) is 0.235. The molecule has 3 N–H and O–H groups in total. The lowest BCUT2D eigenvalue weighted by atomic mass is 10.2. The molecular formula is C17H19N5OS. The standard InChI is InChI=1S/C17H19N5OS/c1-10-12(3)22(9-19-10)14-6-4-13(5-7-14)21-17(23)16-11(2)20-15(8-18)24-16/h4-7,9H,8,18H2,1-3H3,(H,21,23). The third-order valence-corrected chi connectivity index (χ3v) is 5.06. The van der Waals surface area contributed by atoms with Crippen molar-refractivity contribution in [1.82, 2.24) is 14.5 Å². The quantitative estimate of drug-likeness (QED) is 0.764. The maximum Gasteiger partial charge on any atom is 0.267 e. The lowest BCUT2D eigenvalue weighted by molar-refractivity contribution is 0.103. The number of hydrogen-bond donors (Lipinski definition) is 2. The van der Waals surface area contributed by atoms with Crippen LogP contribution in [0.2, 0.25) is 0 Å². The van der Waals surface area contributed by atoms with Gasteiger partial charge in [-0.05, 0) is 45.0 Å². The monoisotopic (exact) mass is 341 g/mol. The number of nitrogens with one attached hydrogen (secondary N) is 1. The molecule has 6 nitrogen and oxygen atoms in total. The molecule has 24 heavy (non-hydrogen) atoms. The minimum absolute atomic E-state index is 0.160. The zero-order chi connectivity index (χ0) is 17.3. The van der Waals surface area contributed by atoms with Gasteiger partial charge in [0.1, 0.15) is 9.88 Å². The third-order valence-electron chi connectivity index (χ3n) is 3.88. The molecule has 0 saturated carbocycles. The summed E-state index contributed by atoms with van der Waals surface area (Å²) in [7, 11) is 0. The van der Waals surface area contributed by atoms with Crippen LogP contribution >= 0.6 is 11.3 Å². The summed E-state index contributed by atoms with van der Waals surface area (Å²) in [6, 6.07) is 7.66. The largest absolute Gasteiger partial charge is 0.325 e. The van der Waals surface area contributed by atoms with E-state index in [4.69, 9.17) is 5.73 Å². The van der Waals surface area contributed by atoms with Crippen molar-refractivity contribution in [1.29, 1.82) is 0 Å². The van der Waals surface area contributed by atoms with Crippen LogP contribution in [0.15, 0.2) is 30.6 Å². The van der Waals surface area contributed by atoms with Crippen LogP contribution in [0.1, 0.15) is 31.8 Å². The van der Waals surface area contributed by atoms with Crippen molar-refractivity contribution >= 4 is 22.9 Å². The first-order valence-electron chi connectivity index (χ1n) is 7.58. The first kappa shape index (κ1) is 16.4.